The number of hydrogen-bond donors (Lipinski definition) is 1. The van der Waals surface area contributed by atoms with Crippen LogP contribution in [-0.4, -0.2) is 20.5 Å². The van der Waals surface area contributed by atoms with Gasteiger partial charge in [0.1, 0.15) is 11.4 Å². The Morgan fingerprint density at radius 2 is 1.79 bits per heavy atom. The zero-order chi connectivity index (χ0) is 20.4. The largest absolute Gasteiger partial charge is 0.348 e. The van der Waals surface area contributed by atoms with E-state index in [0.29, 0.717) is 29.7 Å². The SMILES string of the molecule is Cc1nc2c(C(=O)NCc3ccccc3)cnn2c(C)c1Cc1ccccc1F. The van der Waals surface area contributed by atoms with Crippen LogP contribution in [0.4, 0.5) is 4.39 Å². The highest BCUT2D eigenvalue weighted by molar-refractivity contribution is 5.99. The van der Waals surface area contributed by atoms with Gasteiger partial charge in [0.25, 0.3) is 5.91 Å². The van der Waals surface area contributed by atoms with Crippen molar-refractivity contribution < 1.29 is 9.18 Å². The molecular weight excluding hydrogens is 367 g/mol. The fourth-order valence-corrected chi connectivity index (χ4v) is 3.43. The monoisotopic (exact) mass is 388 g/mol. The molecule has 0 aliphatic carbocycles. The number of nitrogens with one attached hydrogen (secondary N) is 1. The van der Waals surface area contributed by atoms with Crippen molar-refractivity contribution in [3.63, 3.8) is 0 Å². The Bertz CT molecular complexity index is 1180. The summed E-state index contributed by atoms with van der Waals surface area (Å²) in [5.41, 5.74) is 5.06. The van der Waals surface area contributed by atoms with E-state index in [0.717, 1.165) is 22.5 Å². The maximum Gasteiger partial charge on any atom is 0.257 e. The first kappa shape index (κ1) is 18.8. The van der Waals surface area contributed by atoms with E-state index in [1.807, 2.05) is 50.2 Å². The topological polar surface area (TPSA) is 59.3 Å². The lowest BCUT2D eigenvalue weighted by atomic mass is 10.0. The standard InChI is InChI=1S/C23H21FN4O/c1-15-19(12-18-10-6-7-11-21(18)24)16(2)28-22(27-15)20(14-26-28)23(29)25-13-17-8-4-3-5-9-17/h3-11,14H,12-13H2,1-2H3,(H,25,29). The van der Waals surface area contributed by atoms with Gasteiger partial charge >= 0.3 is 0 Å². The van der Waals surface area contributed by atoms with Gasteiger partial charge in [0, 0.05) is 24.4 Å². The number of hydrogen-bond acceptors (Lipinski definition) is 3. The molecule has 0 bridgehead atoms. The van der Waals surface area contributed by atoms with Crippen molar-refractivity contribution in [2.45, 2.75) is 26.8 Å². The Kier molecular flexibility index (Phi) is 5.08. The number of rotatable bonds is 5. The molecule has 1 N–H and O–H groups in total. The van der Waals surface area contributed by atoms with Crippen molar-refractivity contribution in [3.05, 3.63) is 100 Å². The summed E-state index contributed by atoms with van der Waals surface area (Å²) in [4.78, 5) is 17.3. The zero-order valence-corrected chi connectivity index (χ0v) is 16.3. The lowest BCUT2D eigenvalue weighted by Crippen LogP contribution is -2.23. The quantitative estimate of drug-likeness (QED) is 0.562. The zero-order valence-electron chi connectivity index (χ0n) is 16.3. The molecule has 2 aromatic carbocycles. The molecular formula is C23H21FN4O. The molecule has 0 fully saturated rings. The third-order valence-corrected chi connectivity index (χ3v) is 5.07. The Balaban J connectivity index is 1.63. The second kappa shape index (κ2) is 7.83. The predicted octanol–water partition coefficient (Wildman–Crippen LogP) is 4.01. The smallest absolute Gasteiger partial charge is 0.257 e. The predicted molar refractivity (Wildman–Crippen MR) is 109 cm³/mol. The number of fused-ring (bicyclic) bond motifs is 1. The summed E-state index contributed by atoms with van der Waals surface area (Å²) >= 11 is 0. The molecule has 6 heteroatoms. The van der Waals surface area contributed by atoms with E-state index in [-0.39, 0.29) is 11.7 Å². The highest BCUT2D eigenvalue weighted by atomic mass is 19.1. The molecule has 5 nitrogen and oxygen atoms in total. The molecule has 4 aromatic rings. The van der Waals surface area contributed by atoms with Gasteiger partial charge in [-0.15, -0.1) is 0 Å². The molecule has 1 amide bonds. The van der Waals surface area contributed by atoms with Crippen molar-refractivity contribution in [3.8, 4) is 0 Å². The van der Waals surface area contributed by atoms with Crippen LogP contribution in [0.1, 0.15) is 38.4 Å². The Labute approximate surface area is 168 Å². The van der Waals surface area contributed by atoms with E-state index >= 15 is 0 Å². The molecule has 29 heavy (non-hydrogen) atoms. The fourth-order valence-electron chi connectivity index (χ4n) is 3.43. The van der Waals surface area contributed by atoms with Gasteiger partial charge in [0.05, 0.1) is 6.20 Å². The summed E-state index contributed by atoms with van der Waals surface area (Å²) < 4.78 is 15.7. The van der Waals surface area contributed by atoms with E-state index < -0.39 is 0 Å². The van der Waals surface area contributed by atoms with E-state index in [2.05, 4.69) is 15.4 Å². The van der Waals surface area contributed by atoms with Crippen LogP contribution in [0.25, 0.3) is 5.65 Å². The molecule has 2 aromatic heterocycles. The lowest BCUT2D eigenvalue weighted by molar-refractivity contribution is 0.0952. The summed E-state index contributed by atoms with van der Waals surface area (Å²) in [5, 5.41) is 7.27. The number of aromatic nitrogens is 3. The summed E-state index contributed by atoms with van der Waals surface area (Å²) in [5.74, 6) is -0.468. The third kappa shape index (κ3) is 3.74. The molecule has 2 heterocycles. The number of carbonyl (C=O) groups excluding carboxylic acids is 1. The van der Waals surface area contributed by atoms with Crippen LogP contribution in [0.15, 0.2) is 60.8 Å². The molecule has 0 atom stereocenters. The van der Waals surface area contributed by atoms with Crippen molar-refractivity contribution in [2.75, 3.05) is 0 Å². The lowest BCUT2D eigenvalue weighted by Gasteiger charge is -2.12. The number of aryl methyl sites for hydroxylation is 2. The van der Waals surface area contributed by atoms with Gasteiger partial charge in [-0.25, -0.2) is 13.9 Å². The van der Waals surface area contributed by atoms with Gasteiger partial charge < -0.3 is 5.32 Å². The average molecular weight is 388 g/mol. The van der Waals surface area contributed by atoms with Crippen molar-refractivity contribution >= 4 is 11.6 Å². The number of halogens is 1. The number of carbonyl (C=O) groups is 1. The first-order valence-corrected chi connectivity index (χ1v) is 9.44. The highest BCUT2D eigenvalue weighted by Gasteiger charge is 2.19. The Morgan fingerprint density at radius 3 is 2.55 bits per heavy atom. The summed E-state index contributed by atoms with van der Waals surface area (Å²) in [6, 6.07) is 16.4. The maximum atomic E-state index is 14.1. The molecule has 0 aliphatic rings. The first-order valence-electron chi connectivity index (χ1n) is 9.44. The van der Waals surface area contributed by atoms with Crippen LogP contribution in [-0.2, 0) is 13.0 Å². The minimum Gasteiger partial charge on any atom is -0.348 e. The molecule has 4 rings (SSSR count). The average Bonchev–Trinajstić information content (AvgIpc) is 3.15. The van der Waals surface area contributed by atoms with Crippen LogP contribution in [0, 0.1) is 19.7 Å². The van der Waals surface area contributed by atoms with Crippen LogP contribution < -0.4 is 5.32 Å². The van der Waals surface area contributed by atoms with Gasteiger partial charge in [0.2, 0.25) is 0 Å². The van der Waals surface area contributed by atoms with E-state index in [1.165, 1.54) is 12.3 Å². The van der Waals surface area contributed by atoms with Crippen molar-refractivity contribution in [1.29, 1.82) is 0 Å². The number of amides is 1. The second-order valence-corrected chi connectivity index (χ2v) is 6.99. The Hall–Kier alpha value is -3.54. The van der Waals surface area contributed by atoms with Crippen LogP contribution >= 0.6 is 0 Å². The maximum absolute atomic E-state index is 14.1. The summed E-state index contributed by atoms with van der Waals surface area (Å²) in [6.07, 6.45) is 1.95. The van der Waals surface area contributed by atoms with E-state index in [9.17, 15) is 9.18 Å². The fraction of sp³-hybridized carbons (Fsp3) is 0.174. The van der Waals surface area contributed by atoms with E-state index in [1.54, 1.807) is 16.6 Å². The minimum atomic E-state index is -0.243. The third-order valence-electron chi connectivity index (χ3n) is 5.07. The van der Waals surface area contributed by atoms with Crippen LogP contribution in [0.5, 0.6) is 0 Å². The van der Waals surface area contributed by atoms with Gasteiger partial charge in [-0.2, -0.15) is 5.10 Å². The molecule has 0 saturated carbocycles. The molecule has 0 saturated heterocycles. The molecule has 0 unspecified atom stereocenters. The summed E-state index contributed by atoms with van der Waals surface area (Å²) in [6.45, 7) is 4.22. The molecule has 0 radical (unpaired) electrons. The second-order valence-electron chi connectivity index (χ2n) is 6.99. The first-order chi connectivity index (χ1) is 14.0. The van der Waals surface area contributed by atoms with E-state index in [4.69, 9.17) is 0 Å². The number of benzene rings is 2. The molecule has 146 valence electrons. The van der Waals surface area contributed by atoms with Crippen LogP contribution in [0.3, 0.4) is 0 Å². The van der Waals surface area contributed by atoms with Gasteiger partial charge in [-0.1, -0.05) is 48.5 Å². The number of nitrogens with zero attached hydrogens (tertiary/aromatic N) is 3. The van der Waals surface area contributed by atoms with Crippen molar-refractivity contribution in [1.82, 2.24) is 19.9 Å². The minimum absolute atomic E-state index is 0.225. The van der Waals surface area contributed by atoms with Crippen molar-refractivity contribution in [2.24, 2.45) is 0 Å². The van der Waals surface area contributed by atoms with Crippen LogP contribution in [0.2, 0.25) is 0 Å². The normalized spacial score (nSPS) is 11.0. The van der Waals surface area contributed by atoms with Gasteiger partial charge in [-0.05, 0) is 36.6 Å². The molecule has 0 spiro atoms. The Morgan fingerprint density at radius 1 is 1.07 bits per heavy atom. The van der Waals surface area contributed by atoms with Gasteiger partial charge in [0.15, 0.2) is 5.65 Å². The summed E-state index contributed by atoms with van der Waals surface area (Å²) in [7, 11) is 0. The van der Waals surface area contributed by atoms with Gasteiger partial charge in [-0.3, -0.25) is 4.79 Å². The highest BCUT2D eigenvalue weighted by Crippen LogP contribution is 2.21. The molecule has 0 aliphatic heterocycles.